The summed E-state index contributed by atoms with van der Waals surface area (Å²) >= 11 is 0. The molecule has 1 atom stereocenters. The van der Waals surface area contributed by atoms with Crippen molar-refractivity contribution in [2.45, 2.75) is 26.8 Å². The third-order valence-electron chi connectivity index (χ3n) is 4.44. The summed E-state index contributed by atoms with van der Waals surface area (Å²) in [5.41, 5.74) is 3.19. The molecule has 0 aliphatic heterocycles. The van der Waals surface area contributed by atoms with Gasteiger partial charge in [-0.3, -0.25) is 9.59 Å². The highest BCUT2D eigenvalue weighted by Crippen LogP contribution is 2.38. The van der Waals surface area contributed by atoms with Gasteiger partial charge in [0.05, 0.1) is 21.3 Å². The minimum Gasteiger partial charge on any atom is -0.493 e. The molecule has 7 heteroatoms. The maximum Gasteiger partial charge on any atom is 0.252 e. The zero-order valence-electron chi connectivity index (χ0n) is 17.0. The third-order valence-corrected chi connectivity index (χ3v) is 4.44. The van der Waals surface area contributed by atoms with Crippen molar-refractivity contribution in [1.82, 2.24) is 5.32 Å². The minimum absolute atomic E-state index is 0.292. The van der Waals surface area contributed by atoms with E-state index in [9.17, 15) is 9.59 Å². The van der Waals surface area contributed by atoms with Gasteiger partial charge in [0.2, 0.25) is 11.7 Å². The molecule has 150 valence electrons. The number of rotatable bonds is 7. The smallest absolute Gasteiger partial charge is 0.252 e. The van der Waals surface area contributed by atoms with Gasteiger partial charge in [0.15, 0.2) is 11.5 Å². The first-order valence-corrected chi connectivity index (χ1v) is 8.79. The maximum absolute atomic E-state index is 12.6. The average Bonchev–Trinajstić information content (AvgIpc) is 2.69. The van der Waals surface area contributed by atoms with Crippen molar-refractivity contribution in [2.24, 2.45) is 0 Å². The molecule has 2 rings (SSSR count). The first-order chi connectivity index (χ1) is 13.3. The van der Waals surface area contributed by atoms with Gasteiger partial charge in [-0.25, -0.2) is 0 Å². The molecule has 0 fully saturated rings. The summed E-state index contributed by atoms with van der Waals surface area (Å²) in [5, 5.41) is 5.49. The standard InChI is InChI=1S/C21H26N2O5/c1-12-7-8-16(9-13(12)2)23-20(24)14(3)22-21(25)15-10-17(26-4)19(28-6)18(11-15)27-5/h7-11,14H,1-6H3,(H,22,25)(H,23,24)/t14-/m0/s1. The first-order valence-electron chi connectivity index (χ1n) is 8.79. The fourth-order valence-electron chi connectivity index (χ4n) is 2.63. The second-order valence-electron chi connectivity index (χ2n) is 6.40. The lowest BCUT2D eigenvalue weighted by atomic mass is 10.1. The van der Waals surface area contributed by atoms with Crippen LogP contribution in [-0.4, -0.2) is 39.2 Å². The predicted molar refractivity (Wildman–Crippen MR) is 108 cm³/mol. The Bertz CT molecular complexity index is 854. The summed E-state index contributed by atoms with van der Waals surface area (Å²) < 4.78 is 15.8. The number of nitrogens with one attached hydrogen (secondary N) is 2. The van der Waals surface area contributed by atoms with Crippen LogP contribution < -0.4 is 24.8 Å². The molecule has 0 aliphatic rings. The third kappa shape index (κ3) is 4.73. The van der Waals surface area contributed by atoms with E-state index in [1.165, 1.54) is 33.5 Å². The molecule has 2 amide bonds. The zero-order chi connectivity index (χ0) is 20.8. The van der Waals surface area contributed by atoms with Crippen molar-refractivity contribution in [1.29, 1.82) is 0 Å². The monoisotopic (exact) mass is 386 g/mol. The molecular formula is C21H26N2O5. The van der Waals surface area contributed by atoms with Gasteiger partial charge in [-0.05, 0) is 56.2 Å². The Labute approximate surface area is 165 Å². The van der Waals surface area contributed by atoms with Gasteiger partial charge >= 0.3 is 0 Å². The van der Waals surface area contributed by atoms with E-state index in [-0.39, 0.29) is 5.91 Å². The van der Waals surface area contributed by atoms with Gasteiger partial charge in [0.1, 0.15) is 6.04 Å². The van der Waals surface area contributed by atoms with Crippen LogP contribution in [0.3, 0.4) is 0 Å². The van der Waals surface area contributed by atoms with Crippen LogP contribution in [0.15, 0.2) is 30.3 Å². The molecule has 2 N–H and O–H groups in total. The normalized spacial score (nSPS) is 11.4. The van der Waals surface area contributed by atoms with Gasteiger partial charge in [0, 0.05) is 11.3 Å². The molecule has 0 unspecified atom stereocenters. The van der Waals surface area contributed by atoms with Gasteiger partial charge in [-0.15, -0.1) is 0 Å². The average molecular weight is 386 g/mol. The Morgan fingerprint density at radius 1 is 0.893 bits per heavy atom. The number of benzene rings is 2. The SMILES string of the molecule is COc1cc(C(=O)N[C@@H](C)C(=O)Nc2ccc(C)c(C)c2)cc(OC)c1OC. The summed E-state index contributed by atoms with van der Waals surface area (Å²) in [4.78, 5) is 25.0. The fraction of sp³-hybridized carbons (Fsp3) is 0.333. The second-order valence-corrected chi connectivity index (χ2v) is 6.40. The van der Waals surface area contributed by atoms with E-state index in [1.54, 1.807) is 6.92 Å². The lowest BCUT2D eigenvalue weighted by Gasteiger charge is -2.17. The van der Waals surface area contributed by atoms with E-state index in [0.29, 0.717) is 28.5 Å². The molecule has 0 spiro atoms. The van der Waals surface area contributed by atoms with E-state index < -0.39 is 11.9 Å². The first kappa shape index (κ1) is 21.1. The van der Waals surface area contributed by atoms with E-state index >= 15 is 0 Å². The summed E-state index contributed by atoms with van der Waals surface area (Å²) in [6, 6.07) is 7.97. The van der Waals surface area contributed by atoms with E-state index in [4.69, 9.17) is 14.2 Å². The molecule has 0 heterocycles. The zero-order valence-corrected chi connectivity index (χ0v) is 17.0. The number of ether oxygens (including phenoxy) is 3. The van der Waals surface area contributed by atoms with Crippen molar-refractivity contribution in [3.8, 4) is 17.2 Å². The highest BCUT2D eigenvalue weighted by atomic mass is 16.5. The van der Waals surface area contributed by atoms with E-state index in [1.807, 2.05) is 32.0 Å². The Morgan fingerprint density at radius 3 is 2.00 bits per heavy atom. The Morgan fingerprint density at radius 2 is 1.50 bits per heavy atom. The molecule has 0 aliphatic carbocycles. The van der Waals surface area contributed by atoms with E-state index in [0.717, 1.165) is 11.1 Å². The van der Waals surface area contributed by atoms with Crippen LogP contribution in [0, 0.1) is 13.8 Å². The number of aryl methyl sites for hydroxylation is 2. The topological polar surface area (TPSA) is 85.9 Å². The van der Waals surface area contributed by atoms with Crippen LogP contribution in [0.2, 0.25) is 0 Å². The van der Waals surface area contributed by atoms with Crippen molar-refractivity contribution >= 4 is 17.5 Å². The Kier molecular flexibility index (Phi) is 6.87. The highest BCUT2D eigenvalue weighted by Gasteiger charge is 2.20. The molecule has 7 nitrogen and oxygen atoms in total. The summed E-state index contributed by atoms with van der Waals surface area (Å²) in [6.45, 7) is 5.59. The summed E-state index contributed by atoms with van der Waals surface area (Å²) in [7, 11) is 4.43. The summed E-state index contributed by atoms with van der Waals surface area (Å²) in [5.74, 6) is 0.367. The lowest BCUT2D eigenvalue weighted by Crippen LogP contribution is -2.41. The molecular weight excluding hydrogens is 360 g/mol. The van der Waals surface area contributed by atoms with Crippen molar-refractivity contribution < 1.29 is 23.8 Å². The van der Waals surface area contributed by atoms with Gasteiger partial charge in [-0.1, -0.05) is 6.07 Å². The molecule has 28 heavy (non-hydrogen) atoms. The van der Waals surface area contributed by atoms with Crippen LogP contribution in [0.4, 0.5) is 5.69 Å². The molecule has 0 bridgehead atoms. The molecule has 0 aromatic heterocycles. The quantitative estimate of drug-likeness (QED) is 0.764. The molecule has 0 radical (unpaired) electrons. The number of anilines is 1. The van der Waals surface area contributed by atoms with Crippen LogP contribution in [0.1, 0.15) is 28.4 Å². The predicted octanol–water partition coefficient (Wildman–Crippen LogP) is 3.09. The van der Waals surface area contributed by atoms with Crippen LogP contribution in [0.25, 0.3) is 0 Å². The van der Waals surface area contributed by atoms with Gasteiger partial charge < -0.3 is 24.8 Å². The largest absolute Gasteiger partial charge is 0.493 e. The Balaban J connectivity index is 2.12. The number of carbonyl (C=O) groups is 2. The number of hydrogen-bond acceptors (Lipinski definition) is 5. The summed E-state index contributed by atoms with van der Waals surface area (Å²) in [6.07, 6.45) is 0. The van der Waals surface area contributed by atoms with Gasteiger partial charge in [0.25, 0.3) is 5.91 Å². The maximum atomic E-state index is 12.6. The second kappa shape index (κ2) is 9.12. The fourth-order valence-corrected chi connectivity index (χ4v) is 2.63. The molecule has 2 aromatic carbocycles. The number of amides is 2. The molecule has 0 saturated carbocycles. The molecule has 2 aromatic rings. The van der Waals surface area contributed by atoms with Crippen LogP contribution in [0.5, 0.6) is 17.2 Å². The van der Waals surface area contributed by atoms with E-state index in [2.05, 4.69) is 10.6 Å². The number of carbonyl (C=O) groups excluding carboxylic acids is 2. The molecule has 0 saturated heterocycles. The van der Waals surface area contributed by atoms with Crippen LogP contribution >= 0.6 is 0 Å². The van der Waals surface area contributed by atoms with Crippen molar-refractivity contribution in [2.75, 3.05) is 26.6 Å². The number of hydrogen-bond donors (Lipinski definition) is 2. The Hall–Kier alpha value is -3.22. The number of methoxy groups -OCH3 is 3. The highest BCUT2D eigenvalue weighted by molar-refractivity contribution is 6.01. The minimum atomic E-state index is -0.742. The van der Waals surface area contributed by atoms with Crippen LogP contribution in [-0.2, 0) is 4.79 Å². The van der Waals surface area contributed by atoms with Crippen molar-refractivity contribution in [3.05, 3.63) is 47.0 Å². The van der Waals surface area contributed by atoms with Gasteiger partial charge in [-0.2, -0.15) is 0 Å². The van der Waals surface area contributed by atoms with Crippen molar-refractivity contribution in [3.63, 3.8) is 0 Å². The lowest BCUT2D eigenvalue weighted by molar-refractivity contribution is -0.117.